The fraction of sp³-hybridized carbons (Fsp3) is 0.241. The molecular weight excluding hydrogens is 408 g/mol. The van der Waals surface area contributed by atoms with Crippen molar-refractivity contribution < 1.29 is 9.59 Å². The SMILES string of the molecule is CCc1ccc(CCNC(=O)CCCC(=O)Nc2ccc(/C=C/c3ccccc3)cc2)cc1. The molecule has 4 nitrogen and oxygen atoms in total. The zero-order chi connectivity index (χ0) is 23.3. The third-order valence-electron chi connectivity index (χ3n) is 5.44. The molecule has 0 atom stereocenters. The van der Waals surface area contributed by atoms with Gasteiger partial charge in [0.25, 0.3) is 0 Å². The summed E-state index contributed by atoms with van der Waals surface area (Å²) in [6.07, 6.45) is 7.14. The molecule has 0 aliphatic rings. The largest absolute Gasteiger partial charge is 0.356 e. The van der Waals surface area contributed by atoms with E-state index in [0.717, 1.165) is 29.7 Å². The fourth-order valence-corrected chi connectivity index (χ4v) is 3.44. The quantitative estimate of drug-likeness (QED) is 0.365. The van der Waals surface area contributed by atoms with Gasteiger partial charge in [0.05, 0.1) is 0 Å². The zero-order valence-corrected chi connectivity index (χ0v) is 19.2. The van der Waals surface area contributed by atoms with Gasteiger partial charge in [-0.15, -0.1) is 0 Å². The number of rotatable bonds is 11. The lowest BCUT2D eigenvalue weighted by atomic mass is 10.1. The second-order valence-electron chi connectivity index (χ2n) is 8.04. The number of nitrogens with one attached hydrogen (secondary N) is 2. The van der Waals surface area contributed by atoms with E-state index in [0.29, 0.717) is 25.8 Å². The molecule has 0 aliphatic carbocycles. The normalized spacial score (nSPS) is 10.8. The summed E-state index contributed by atoms with van der Waals surface area (Å²) in [7, 11) is 0. The molecule has 0 saturated carbocycles. The third-order valence-corrected chi connectivity index (χ3v) is 5.44. The topological polar surface area (TPSA) is 58.2 Å². The van der Waals surface area contributed by atoms with Gasteiger partial charge >= 0.3 is 0 Å². The maximum atomic E-state index is 12.2. The highest BCUT2D eigenvalue weighted by Crippen LogP contribution is 2.13. The summed E-state index contributed by atoms with van der Waals surface area (Å²) in [6, 6.07) is 26.3. The number of anilines is 1. The van der Waals surface area contributed by atoms with E-state index in [2.05, 4.69) is 60.0 Å². The number of carbonyl (C=O) groups is 2. The standard InChI is InChI=1S/C29H32N2O2/c1-2-23-11-13-26(14-12-23)21-22-30-28(32)9-6-10-29(33)31-27-19-17-25(18-20-27)16-15-24-7-4-3-5-8-24/h3-5,7-8,11-20H,2,6,9-10,21-22H2,1H3,(H,30,32)(H,31,33)/b16-15+. The van der Waals surface area contributed by atoms with Crippen LogP contribution < -0.4 is 10.6 Å². The van der Waals surface area contributed by atoms with E-state index >= 15 is 0 Å². The summed E-state index contributed by atoms with van der Waals surface area (Å²) in [5, 5.41) is 5.83. The van der Waals surface area contributed by atoms with Crippen molar-refractivity contribution in [1.29, 1.82) is 0 Å². The van der Waals surface area contributed by atoms with Crippen molar-refractivity contribution in [1.82, 2.24) is 5.32 Å². The fourth-order valence-electron chi connectivity index (χ4n) is 3.44. The summed E-state index contributed by atoms with van der Waals surface area (Å²) in [4.78, 5) is 24.2. The molecule has 0 radical (unpaired) electrons. The molecule has 170 valence electrons. The minimum Gasteiger partial charge on any atom is -0.356 e. The number of aryl methyl sites for hydroxylation is 1. The van der Waals surface area contributed by atoms with Crippen LogP contribution in [0.2, 0.25) is 0 Å². The first kappa shape index (κ1) is 24.0. The molecule has 0 unspecified atom stereocenters. The number of benzene rings is 3. The molecule has 2 amide bonds. The molecule has 0 aromatic heterocycles. The van der Waals surface area contributed by atoms with Gasteiger partial charge in [-0.05, 0) is 53.6 Å². The van der Waals surface area contributed by atoms with Gasteiger partial charge in [-0.25, -0.2) is 0 Å². The maximum Gasteiger partial charge on any atom is 0.224 e. The molecule has 2 N–H and O–H groups in total. The van der Waals surface area contributed by atoms with Crippen LogP contribution in [0.25, 0.3) is 12.2 Å². The third kappa shape index (κ3) is 8.77. The number of hydrogen-bond donors (Lipinski definition) is 2. The maximum absolute atomic E-state index is 12.2. The van der Waals surface area contributed by atoms with E-state index in [1.165, 1.54) is 11.1 Å². The zero-order valence-electron chi connectivity index (χ0n) is 19.2. The van der Waals surface area contributed by atoms with E-state index < -0.39 is 0 Å². The molecule has 0 aliphatic heterocycles. The Hall–Kier alpha value is -3.66. The van der Waals surface area contributed by atoms with Gasteiger partial charge in [0.2, 0.25) is 11.8 Å². The van der Waals surface area contributed by atoms with Gasteiger partial charge in [0.1, 0.15) is 0 Å². The van der Waals surface area contributed by atoms with Crippen LogP contribution in [-0.2, 0) is 22.4 Å². The Morgan fingerprint density at radius 2 is 1.33 bits per heavy atom. The number of carbonyl (C=O) groups excluding carboxylic acids is 2. The first-order valence-electron chi connectivity index (χ1n) is 11.6. The molecular formula is C29H32N2O2. The molecule has 3 rings (SSSR count). The molecule has 33 heavy (non-hydrogen) atoms. The van der Waals surface area contributed by atoms with Crippen LogP contribution in [0.15, 0.2) is 78.9 Å². The van der Waals surface area contributed by atoms with Crippen molar-refractivity contribution in [2.24, 2.45) is 0 Å². The van der Waals surface area contributed by atoms with E-state index in [9.17, 15) is 9.59 Å². The van der Waals surface area contributed by atoms with Gasteiger partial charge in [0.15, 0.2) is 0 Å². The van der Waals surface area contributed by atoms with Crippen LogP contribution >= 0.6 is 0 Å². The number of amides is 2. The molecule has 4 heteroatoms. The van der Waals surface area contributed by atoms with Gasteiger partial charge in [-0.3, -0.25) is 9.59 Å². The van der Waals surface area contributed by atoms with Crippen LogP contribution in [0.5, 0.6) is 0 Å². The molecule has 0 bridgehead atoms. The van der Waals surface area contributed by atoms with Crippen molar-refractivity contribution in [3.63, 3.8) is 0 Å². The summed E-state index contributed by atoms with van der Waals surface area (Å²) in [5.74, 6) is -0.0890. The van der Waals surface area contributed by atoms with Gasteiger partial charge in [-0.1, -0.05) is 85.8 Å². The second-order valence-corrected chi connectivity index (χ2v) is 8.04. The van der Waals surface area contributed by atoms with Gasteiger partial charge in [0, 0.05) is 25.1 Å². The molecule has 3 aromatic rings. The second kappa shape index (κ2) is 13.0. The van der Waals surface area contributed by atoms with E-state index in [1.807, 2.05) is 48.5 Å². The highest BCUT2D eigenvalue weighted by atomic mass is 16.2. The summed E-state index contributed by atoms with van der Waals surface area (Å²) < 4.78 is 0. The highest BCUT2D eigenvalue weighted by molar-refractivity contribution is 5.91. The van der Waals surface area contributed by atoms with Gasteiger partial charge in [-0.2, -0.15) is 0 Å². The van der Waals surface area contributed by atoms with Crippen molar-refractivity contribution in [3.8, 4) is 0 Å². The van der Waals surface area contributed by atoms with Crippen molar-refractivity contribution >= 4 is 29.7 Å². The smallest absolute Gasteiger partial charge is 0.224 e. The molecule has 0 spiro atoms. The molecule has 0 fully saturated rings. The minimum atomic E-state index is -0.0774. The number of hydrogen-bond acceptors (Lipinski definition) is 2. The summed E-state index contributed by atoms with van der Waals surface area (Å²) in [6.45, 7) is 2.75. The van der Waals surface area contributed by atoms with E-state index in [1.54, 1.807) is 0 Å². The Morgan fingerprint density at radius 3 is 2.00 bits per heavy atom. The summed E-state index contributed by atoms with van der Waals surface area (Å²) in [5.41, 5.74) is 5.50. The molecule has 3 aromatic carbocycles. The predicted octanol–water partition coefficient (Wildman–Crippen LogP) is 5.89. The van der Waals surface area contributed by atoms with Crippen molar-refractivity contribution in [3.05, 3.63) is 101 Å². The predicted molar refractivity (Wildman–Crippen MR) is 137 cm³/mol. The first-order chi connectivity index (χ1) is 16.1. The van der Waals surface area contributed by atoms with Crippen molar-refractivity contribution in [2.45, 2.75) is 39.0 Å². The average molecular weight is 441 g/mol. The van der Waals surface area contributed by atoms with Crippen LogP contribution in [0.4, 0.5) is 5.69 Å². The lowest BCUT2D eigenvalue weighted by molar-refractivity contribution is -0.121. The molecule has 0 saturated heterocycles. The Morgan fingerprint density at radius 1 is 0.727 bits per heavy atom. The van der Waals surface area contributed by atoms with Crippen LogP contribution in [-0.4, -0.2) is 18.4 Å². The first-order valence-corrected chi connectivity index (χ1v) is 11.6. The Labute approximate surface area is 196 Å². The van der Waals surface area contributed by atoms with Crippen LogP contribution in [0.1, 0.15) is 48.4 Å². The Kier molecular flexibility index (Phi) is 9.46. The lowest BCUT2D eigenvalue weighted by Gasteiger charge is -2.07. The van der Waals surface area contributed by atoms with E-state index in [4.69, 9.17) is 0 Å². The monoisotopic (exact) mass is 440 g/mol. The highest BCUT2D eigenvalue weighted by Gasteiger charge is 2.06. The van der Waals surface area contributed by atoms with E-state index in [-0.39, 0.29) is 11.8 Å². The van der Waals surface area contributed by atoms with Crippen LogP contribution in [0, 0.1) is 0 Å². The van der Waals surface area contributed by atoms with Crippen molar-refractivity contribution in [2.75, 3.05) is 11.9 Å². The summed E-state index contributed by atoms with van der Waals surface area (Å²) >= 11 is 0. The lowest BCUT2D eigenvalue weighted by Crippen LogP contribution is -2.25. The minimum absolute atomic E-state index is 0.0115. The van der Waals surface area contributed by atoms with Gasteiger partial charge < -0.3 is 10.6 Å². The molecule has 0 heterocycles. The Balaban J connectivity index is 1.31. The Bertz CT molecular complexity index is 1040. The average Bonchev–Trinajstić information content (AvgIpc) is 2.85. The van der Waals surface area contributed by atoms with Crippen LogP contribution in [0.3, 0.4) is 0 Å².